The number of nitro groups is 2. The molecule has 0 saturated heterocycles. The lowest BCUT2D eigenvalue weighted by Crippen LogP contribution is -2.19. The second-order valence-electron chi connectivity index (χ2n) is 5.82. The zero-order valence-corrected chi connectivity index (χ0v) is 14.2. The third-order valence-electron chi connectivity index (χ3n) is 2.49. The average molecular weight is 336 g/mol. The first-order valence-electron chi connectivity index (χ1n) is 6.67. The molecule has 1 aromatic carbocycles. The Morgan fingerprint density at radius 2 is 1.61 bits per heavy atom. The van der Waals surface area contributed by atoms with Gasteiger partial charge in [0, 0.05) is 12.1 Å². The predicted octanol–water partition coefficient (Wildman–Crippen LogP) is 2.93. The van der Waals surface area contributed by atoms with E-state index < -0.39 is 41.4 Å². The minimum absolute atomic E-state index is 0.257. The smallest absolute Gasteiger partial charge is 0.339 e. The van der Waals surface area contributed by atoms with Gasteiger partial charge in [0.15, 0.2) is 6.10 Å². The van der Waals surface area contributed by atoms with Crippen molar-refractivity contribution < 1.29 is 19.4 Å². The molecule has 0 aliphatic rings. The Morgan fingerprint density at radius 1 is 1.13 bits per heavy atom. The van der Waals surface area contributed by atoms with E-state index in [4.69, 9.17) is 4.74 Å². The summed E-state index contributed by atoms with van der Waals surface area (Å²) >= 11 is 0. The highest BCUT2D eigenvalue weighted by Crippen LogP contribution is 2.23. The number of carbonyl (C=O) groups excluding carboxylic acids is 1. The lowest BCUT2D eigenvalue weighted by Gasteiger charge is -2.09. The second kappa shape index (κ2) is 7.02. The molecule has 9 heteroatoms. The first-order valence-corrected chi connectivity index (χ1v) is 10.2. The number of hydrogen-bond acceptors (Lipinski definition) is 6. The van der Waals surface area contributed by atoms with Crippen LogP contribution in [0.3, 0.4) is 0 Å². The number of carbonyl (C=O) groups is 1. The van der Waals surface area contributed by atoms with Gasteiger partial charge in [-0.05, 0) is 6.92 Å². The number of non-ortho nitro benzene ring substituents is 2. The molecule has 0 amide bonds. The maximum Gasteiger partial charge on any atom is 0.339 e. The van der Waals surface area contributed by atoms with Crippen molar-refractivity contribution in [1.82, 2.24) is 0 Å². The number of ether oxygens (including phenoxy) is 1. The van der Waals surface area contributed by atoms with Gasteiger partial charge in [0.25, 0.3) is 11.4 Å². The first-order chi connectivity index (χ1) is 10.5. The van der Waals surface area contributed by atoms with Crippen LogP contribution in [0.2, 0.25) is 19.6 Å². The van der Waals surface area contributed by atoms with Crippen LogP contribution in [0.4, 0.5) is 11.4 Å². The molecule has 0 aliphatic carbocycles. The van der Waals surface area contributed by atoms with Gasteiger partial charge in [0.2, 0.25) is 0 Å². The molecule has 0 heterocycles. The molecule has 8 nitrogen and oxygen atoms in total. The molecule has 0 N–H and O–H groups in total. The molecule has 23 heavy (non-hydrogen) atoms. The van der Waals surface area contributed by atoms with Crippen molar-refractivity contribution in [3.05, 3.63) is 44.0 Å². The molecular weight excluding hydrogens is 320 g/mol. The Kier molecular flexibility index (Phi) is 5.59. The van der Waals surface area contributed by atoms with Gasteiger partial charge in [-0.2, -0.15) is 0 Å². The van der Waals surface area contributed by atoms with E-state index in [0.717, 1.165) is 18.2 Å². The monoisotopic (exact) mass is 336 g/mol. The highest BCUT2D eigenvalue weighted by Gasteiger charge is 2.21. The molecule has 0 fully saturated rings. The summed E-state index contributed by atoms with van der Waals surface area (Å²) < 4.78 is 5.07. The summed E-state index contributed by atoms with van der Waals surface area (Å²) in [6, 6.07) is 2.66. The molecule has 0 spiro atoms. The van der Waals surface area contributed by atoms with Gasteiger partial charge in [-0.1, -0.05) is 25.6 Å². The van der Waals surface area contributed by atoms with Crippen LogP contribution < -0.4 is 0 Å². The quantitative estimate of drug-likeness (QED) is 0.275. The summed E-state index contributed by atoms with van der Waals surface area (Å²) in [4.78, 5) is 32.0. The van der Waals surface area contributed by atoms with Crippen LogP contribution in [-0.4, -0.2) is 30.0 Å². The fourth-order valence-electron chi connectivity index (χ4n) is 1.50. The van der Waals surface area contributed by atoms with E-state index in [1.807, 2.05) is 19.6 Å². The first kappa shape index (κ1) is 18.3. The van der Waals surface area contributed by atoms with Crippen molar-refractivity contribution in [2.75, 3.05) is 0 Å². The molecule has 0 unspecified atom stereocenters. The Bertz CT molecular complexity index is 682. The number of nitrogens with zero attached hydrogens (tertiary/aromatic N) is 2. The zero-order chi connectivity index (χ0) is 17.8. The van der Waals surface area contributed by atoms with Crippen LogP contribution >= 0.6 is 0 Å². The van der Waals surface area contributed by atoms with E-state index in [0.29, 0.717) is 0 Å². The van der Waals surface area contributed by atoms with Crippen molar-refractivity contribution in [2.24, 2.45) is 0 Å². The Balaban J connectivity index is 3.05. The SMILES string of the molecule is C[C@@H](C#C[Si](C)(C)C)OC(=O)c1cc([N+](=O)[O-])cc([N+](=O)[O-])c1. The van der Waals surface area contributed by atoms with Crippen molar-refractivity contribution in [1.29, 1.82) is 0 Å². The summed E-state index contributed by atoms with van der Waals surface area (Å²) in [7, 11) is -1.63. The zero-order valence-electron chi connectivity index (χ0n) is 13.2. The standard InChI is InChI=1S/C14H16N2O6Si/c1-10(5-6-23(2,3)4)22-14(17)11-7-12(15(18)19)9-13(8-11)16(20)21/h7-10H,1-4H3/t10-/m0/s1. The van der Waals surface area contributed by atoms with E-state index >= 15 is 0 Å². The summed E-state index contributed by atoms with van der Waals surface area (Å²) in [5, 5.41) is 21.6. The Morgan fingerprint density at radius 3 is 2.00 bits per heavy atom. The number of esters is 1. The topological polar surface area (TPSA) is 113 Å². The van der Waals surface area contributed by atoms with E-state index in [1.165, 1.54) is 0 Å². The minimum Gasteiger partial charge on any atom is -0.446 e. The normalized spacial score (nSPS) is 11.8. The van der Waals surface area contributed by atoms with E-state index in [-0.39, 0.29) is 5.56 Å². The van der Waals surface area contributed by atoms with Crippen LogP contribution in [0.5, 0.6) is 0 Å². The van der Waals surface area contributed by atoms with Gasteiger partial charge in [-0.15, -0.1) is 5.54 Å². The fourth-order valence-corrected chi connectivity index (χ4v) is 2.14. The summed E-state index contributed by atoms with van der Waals surface area (Å²) in [5.41, 5.74) is 1.68. The number of benzene rings is 1. The lowest BCUT2D eigenvalue weighted by molar-refractivity contribution is -0.394. The highest BCUT2D eigenvalue weighted by molar-refractivity contribution is 6.83. The van der Waals surface area contributed by atoms with Crippen molar-refractivity contribution in [3.63, 3.8) is 0 Å². The minimum atomic E-state index is -1.63. The van der Waals surface area contributed by atoms with Crippen LogP contribution in [0.1, 0.15) is 17.3 Å². The molecular formula is C14H16N2O6Si. The summed E-state index contributed by atoms with van der Waals surface area (Å²) in [6.07, 6.45) is -0.715. The number of hydrogen-bond donors (Lipinski definition) is 0. The molecule has 0 bridgehead atoms. The van der Waals surface area contributed by atoms with Crippen LogP contribution in [0.25, 0.3) is 0 Å². The lowest BCUT2D eigenvalue weighted by atomic mass is 10.2. The molecule has 1 rings (SSSR count). The maximum atomic E-state index is 12.0. The summed E-state index contributed by atoms with van der Waals surface area (Å²) in [5.74, 6) is 1.90. The Hall–Kier alpha value is -2.73. The Labute approximate surface area is 133 Å². The van der Waals surface area contributed by atoms with Gasteiger partial charge in [-0.3, -0.25) is 20.2 Å². The number of nitro benzene ring substituents is 2. The highest BCUT2D eigenvalue weighted by atomic mass is 28.3. The third kappa shape index (κ3) is 5.88. The van der Waals surface area contributed by atoms with Crippen molar-refractivity contribution in [3.8, 4) is 11.5 Å². The molecule has 122 valence electrons. The predicted molar refractivity (Wildman–Crippen MR) is 85.8 cm³/mol. The fraction of sp³-hybridized carbons (Fsp3) is 0.357. The van der Waals surface area contributed by atoms with E-state index in [1.54, 1.807) is 6.92 Å². The molecule has 1 atom stereocenters. The molecule has 0 aliphatic heterocycles. The van der Waals surface area contributed by atoms with E-state index in [2.05, 4.69) is 11.5 Å². The van der Waals surface area contributed by atoms with Crippen LogP contribution in [-0.2, 0) is 4.74 Å². The number of rotatable bonds is 4. The molecule has 1 aromatic rings. The molecule has 0 aromatic heterocycles. The van der Waals surface area contributed by atoms with Gasteiger partial charge < -0.3 is 4.74 Å². The second-order valence-corrected chi connectivity index (χ2v) is 10.6. The third-order valence-corrected chi connectivity index (χ3v) is 3.39. The van der Waals surface area contributed by atoms with Gasteiger partial charge >= 0.3 is 5.97 Å². The van der Waals surface area contributed by atoms with Gasteiger partial charge in [0.1, 0.15) is 8.07 Å². The van der Waals surface area contributed by atoms with Crippen LogP contribution in [0, 0.1) is 31.7 Å². The average Bonchev–Trinajstić information content (AvgIpc) is 2.43. The largest absolute Gasteiger partial charge is 0.446 e. The van der Waals surface area contributed by atoms with Gasteiger partial charge in [-0.25, -0.2) is 4.79 Å². The maximum absolute atomic E-state index is 12.0. The summed E-state index contributed by atoms with van der Waals surface area (Å²) in [6.45, 7) is 7.65. The van der Waals surface area contributed by atoms with Crippen molar-refractivity contribution >= 4 is 25.4 Å². The van der Waals surface area contributed by atoms with Crippen molar-refractivity contribution in [2.45, 2.75) is 32.7 Å². The van der Waals surface area contributed by atoms with Crippen LogP contribution in [0.15, 0.2) is 18.2 Å². The molecule has 0 radical (unpaired) electrons. The van der Waals surface area contributed by atoms with E-state index in [9.17, 15) is 25.0 Å². The van der Waals surface area contributed by atoms with Gasteiger partial charge in [0.05, 0.1) is 21.5 Å². The molecule has 0 saturated carbocycles.